The van der Waals surface area contributed by atoms with Crippen molar-refractivity contribution in [2.45, 2.75) is 6.92 Å². The van der Waals surface area contributed by atoms with Crippen LogP contribution in [0.25, 0.3) is 17.3 Å². The number of H-pyrrole nitrogens is 1. The number of rotatable bonds is 4. The summed E-state index contributed by atoms with van der Waals surface area (Å²) >= 11 is 0. The summed E-state index contributed by atoms with van der Waals surface area (Å²) in [6.07, 6.45) is 3.03. The molecule has 120 valence electrons. The molecule has 24 heavy (non-hydrogen) atoms. The Morgan fingerprint density at radius 1 is 1.04 bits per heavy atom. The third-order valence-electron chi connectivity index (χ3n) is 3.56. The van der Waals surface area contributed by atoms with Gasteiger partial charge in [0.05, 0.1) is 11.4 Å². The van der Waals surface area contributed by atoms with Gasteiger partial charge in [0.2, 0.25) is 0 Å². The van der Waals surface area contributed by atoms with Crippen LogP contribution in [0.5, 0.6) is 0 Å². The summed E-state index contributed by atoms with van der Waals surface area (Å²) in [5, 5.41) is 6.79. The van der Waals surface area contributed by atoms with E-state index in [1.54, 1.807) is 24.3 Å². The molecule has 0 saturated heterocycles. The predicted octanol–water partition coefficient (Wildman–Crippen LogP) is 4.56. The molecule has 0 amide bonds. The second-order valence-electron chi connectivity index (χ2n) is 5.40. The fraction of sp³-hybridized carbons (Fsp3) is 0.0526. The molecule has 0 spiro atoms. The summed E-state index contributed by atoms with van der Waals surface area (Å²) in [6, 6.07) is 12.5. The molecule has 0 aliphatic carbocycles. The maximum absolute atomic E-state index is 13.3. The van der Waals surface area contributed by atoms with Gasteiger partial charge in [-0.15, -0.1) is 0 Å². The van der Waals surface area contributed by atoms with E-state index in [9.17, 15) is 13.6 Å². The number of nitrogens with zero attached hydrogens (tertiary/aromatic N) is 1. The molecule has 0 aliphatic rings. The lowest BCUT2D eigenvalue weighted by Crippen LogP contribution is -1.93. The third kappa shape index (κ3) is 3.46. The van der Waals surface area contributed by atoms with Crippen molar-refractivity contribution < 1.29 is 13.6 Å². The fourth-order valence-corrected chi connectivity index (χ4v) is 2.20. The number of halogens is 2. The fourth-order valence-electron chi connectivity index (χ4n) is 2.20. The molecule has 5 heteroatoms. The Bertz CT molecular complexity index is 911. The second kappa shape index (κ2) is 6.58. The Labute approximate surface area is 137 Å². The van der Waals surface area contributed by atoms with Crippen molar-refractivity contribution in [3.63, 3.8) is 0 Å². The highest BCUT2D eigenvalue weighted by atomic mass is 19.2. The number of aromatic nitrogens is 2. The molecule has 2 aromatic carbocycles. The zero-order chi connectivity index (χ0) is 17.1. The van der Waals surface area contributed by atoms with E-state index in [0.717, 1.165) is 17.7 Å². The van der Waals surface area contributed by atoms with E-state index in [0.29, 0.717) is 22.5 Å². The molecule has 0 unspecified atom stereocenters. The molecule has 1 aromatic heterocycles. The number of aryl methyl sites for hydroxylation is 1. The number of ketones is 1. The molecular formula is C19H14F2N2O. The molecule has 0 saturated carbocycles. The Balaban J connectivity index is 1.77. The Kier molecular flexibility index (Phi) is 4.33. The molecular weight excluding hydrogens is 310 g/mol. The molecule has 0 bridgehead atoms. The van der Waals surface area contributed by atoms with E-state index in [4.69, 9.17) is 0 Å². The minimum atomic E-state index is -0.929. The molecule has 3 rings (SSSR count). The smallest absolute Gasteiger partial charge is 0.185 e. The van der Waals surface area contributed by atoms with Crippen LogP contribution in [0.15, 0.2) is 54.6 Å². The average molecular weight is 324 g/mol. The first kappa shape index (κ1) is 15.8. The average Bonchev–Trinajstić information content (AvgIpc) is 3.05. The first-order chi connectivity index (χ1) is 11.5. The Morgan fingerprint density at radius 3 is 2.50 bits per heavy atom. The zero-order valence-corrected chi connectivity index (χ0v) is 12.9. The highest BCUT2D eigenvalue weighted by Gasteiger charge is 2.07. The van der Waals surface area contributed by atoms with E-state index in [2.05, 4.69) is 10.2 Å². The highest BCUT2D eigenvalue weighted by Crippen LogP contribution is 2.20. The summed E-state index contributed by atoms with van der Waals surface area (Å²) in [5.41, 5.74) is 3.19. The quantitative estimate of drug-likeness (QED) is 0.565. The Hall–Kier alpha value is -3.08. The minimum absolute atomic E-state index is 0.126. The summed E-state index contributed by atoms with van der Waals surface area (Å²) < 4.78 is 26.2. The maximum Gasteiger partial charge on any atom is 0.185 e. The van der Waals surface area contributed by atoms with Crippen LogP contribution in [0, 0.1) is 18.6 Å². The standard InChI is InChI=1S/C19H14F2N2O/c1-12-2-4-13(5-3-12)19(24)9-7-15-11-18(23-22-15)14-6-8-16(20)17(21)10-14/h2-11H,1H3,(H,22,23)/b9-7+. The van der Waals surface area contributed by atoms with E-state index >= 15 is 0 Å². The van der Waals surface area contributed by atoms with Crippen molar-refractivity contribution in [2.24, 2.45) is 0 Å². The van der Waals surface area contributed by atoms with Crippen LogP contribution < -0.4 is 0 Å². The van der Waals surface area contributed by atoms with Gasteiger partial charge in [0.1, 0.15) is 0 Å². The minimum Gasteiger partial charge on any atom is -0.289 e. The molecule has 1 heterocycles. The van der Waals surface area contributed by atoms with Gasteiger partial charge in [0.25, 0.3) is 0 Å². The number of nitrogens with one attached hydrogen (secondary N) is 1. The van der Waals surface area contributed by atoms with Crippen LogP contribution in [0.4, 0.5) is 8.78 Å². The third-order valence-corrected chi connectivity index (χ3v) is 3.56. The van der Waals surface area contributed by atoms with Gasteiger partial charge >= 0.3 is 0 Å². The lowest BCUT2D eigenvalue weighted by Gasteiger charge is -1.97. The molecule has 1 N–H and O–H groups in total. The molecule has 0 aliphatic heterocycles. The van der Waals surface area contributed by atoms with Gasteiger partial charge in [-0.05, 0) is 43.3 Å². The number of aromatic amines is 1. The molecule has 0 radical (unpaired) electrons. The van der Waals surface area contributed by atoms with Gasteiger partial charge in [-0.25, -0.2) is 8.78 Å². The largest absolute Gasteiger partial charge is 0.289 e. The monoisotopic (exact) mass is 324 g/mol. The van der Waals surface area contributed by atoms with E-state index in [1.165, 1.54) is 12.1 Å². The number of hydrogen-bond donors (Lipinski definition) is 1. The number of allylic oxidation sites excluding steroid dienone is 1. The van der Waals surface area contributed by atoms with Crippen LogP contribution >= 0.6 is 0 Å². The lowest BCUT2D eigenvalue weighted by molar-refractivity contribution is 0.104. The van der Waals surface area contributed by atoms with Crippen LogP contribution in [0.2, 0.25) is 0 Å². The molecule has 3 nitrogen and oxygen atoms in total. The molecule has 3 aromatic rings. The van der Waals surface area contributed by atoms with Crippen LogP contribution in [-0.4, -0.2) is 16.0 Å². The molecule has 0 fully saturated rings. The first-order valence-electron chi connectivity index (χ1n) is 7.33. The normalized spacial score (nSPS) is 11.1. The van der Waals surface area contributed by atoms with Crippen molar-refractivity contribution in [1.82, 2.24) is 10.2 Å². The zero-order valence-electron chi connectivity index (χ0n) is 12.9. The lowest BCUT2D eigenvalue weighted by atomic mass is 10.1. The van der Waals surface area contributed by atoms with Crippen molar-refractivity contribution in [3.8, 4) is 11.3 Å². The predicted molar refractivity (Wildman–Crippen MR) is 88.5 cm³/mol. The summed E-state index contributed by atoms with van der Waals surface area (Å²) in [6.45, 7) is 1.95. The second-order valence-corrected chi connectivity index (χ2v) is 5.40. The van der Waals surface area contributed by atoms with E-state index in [-0.39, 0.29) is 5.78 Å². The SMILES string of the molecule is Cc1ccc(C(=O)/C=C/c2cc(-c3ccc(F)c(F)c3)n[nH]2)cc1. The molecule has 0 atom stereocenters. The van der Waals surface area contributed by atoms with Crippen LogP contribution in [0.3, 0.4) is 0 Å². The summed E-state index contributed by atoms with van der Waals surface area (Å²) in [4.78, 5) is 12.1. The van der Waals surface area contributed by atoms with Gasteiger partial charge in [0.15, 0.2) is 17.4 Å². The topological polar surface area (TPSA) is 45.8 Å². The maximum atomic E-state index is 13.3. The van der Waals surface area contributed by atoms with Crippen molar-refractivity contribution >= 4 is 11.9 Å². The van der Waals surface area contributed by atoms with Gasteiger partial charge < -0.3 is 0 Å². The first-order valence-corrected chi connectivity index (χ1v) is 7.33. The van der Waals surface area contributed by atoms with Crippen molar-refractivity contribution in [3.05, 3.63) is 83.1 Å². The van der Waals surface area contributed by atoms with Crippen molar-refractivity contribution in [1.29, 1.82) is 0 Å². The number of carbonyl (C=O) groups excluding carboxylic acids is 1. The highest BCUT2D eigenvalue weighted by molar-refractivity contribution is 6.06. The van der Waals surface area contributed by atoms with E-state index < -0.39 is 11.6 Å². The van der Waals surface area contributed by atoms with Crippen LogP contribution in [0.1, 0.15) is 21.6 Å². The van der Waals surface area contributed by atoms with Crippen LogP contribution in [-0.2, 0) is 0 Å². The van der Waals surface area contributed by atoms with Gasteiger partial charge in [-0.3, -0.25) is 9.89 Å². The number of benzene rings is 2. The van der Waals surface area contributed by atoms with Gasteiger partial charge in [-0.2, -0.15) is 5.10 Å². The number of carbonyl (C=O) groups is 1. The van der Waals surface area contributed by atoms with Gasteiger partial charge in [0, 0.05) is 11.1 Å². The van der Waals surface area contributed by atoms with E-state index in [1.807, 2.05) is 19.1 Å². The Morgan fingerprint density at radius 2 is 1.79 bits per heavy atom. The number of hydrogen-bond acceptors (Lipinski definition) is 2. The van der Waals surface area contributed by atoms with Crippen molar-refractivity contribution in [2.75, 3.05) is 0 Å². The summed E-state index contributed by atoms with van der Waals surface area (Å²) in [7, 11) is 0. The van der Waals surface area contributed by atoms with Gasteiger partial charge in [-0.1, -0.05) is 29.8 Å². The summed E-state index contributed by atoms with van der Waals surface area (Å²) in [5.74, 6) is -1.96.